The van der Waals surface area contributed by atoms with Crippen molar-refractivity contribution in [3.05, 3.63) is 64.7 Å². The van der Waals surface area contributed by atoms with Gasteiger partial charge < -0.3 is 9.47 Å². The molecule has 23 heavy (non-hydrogen) atoms. The number of allylic oxidation sites excluding steroid dienone is 1. The number of hydrogen-bond acceptors (Lipinski definition) is 4. The lowest BCUT2D eigenvalue weighted by Gasteiger charge is -2.13. The Morgan fingerprint density at radius 2 is 1.78 bits per heavy atom. The van der Waals surface area contributed by atoms with Crippen molar-refractivity contribution in [1.29, 1.82) is 10.5 Å². The van der Waals surface area contributed by atoms with Crippen molar-refractivity contribution in [2.45, 2.75) is 6.42 Å². The Morgan fingerprint density at radius 1 is 1.09 bits per heavy atom. The monoisotopic (exact) mass is 324 g/mol. The van der Waals surface area contributed by atoms with Gasteiger partial charge in [-0.2, -0.15) is 10.5 Å². The summed E-state index contributed by atoms with van der Waals surface area (Å²) in [4.78, 5) is 0. The van der Waals surface area contributed by atoms with Crippen LogP contribution < -0.4 is 9.47 Å². The first kappa shape index (κ1) is 16.4. The van der Waals surface area contributed by atoms with Gasteiger partial charge in [0, 0.05) is 6.07 Å². The van der Waals surface area contributed by atoms with Gasteiger partial charge in [0.05, 0.1) is 23.3 Å². The Kier molecular flexibility index (Phi) is 5.25. The first-order valence-electron chi connectivity index (χ1n) is 6.72. The Bertz CT molecular complexity index is 832. The molecule has 0 aliphatic carbocycles. The van der Waals surface area contributed by atoms with Gasteiger partial charge in [0.25, 0.3) is 0 Å². The molecule has 0 bridgehead atoms. The highest BCUT2D eigenvalue weighted by molar-refractivity contribution is 6.32. The number of nitriles is 2. The predicted molar refractivity (Wildman–Crippen MR) is 87.9 cm³/mol. The van der Waals surface area contributed by atoms with Gasteiger partial charge in [0.2, 0.25) is 0 Å². The van der Waals surface area contributed by atoms with Crippen LogP contribution in [0, 0.1) is 22.7 Å². The summed E-state index contributed by atoms with van der Waals surface area (Å²) in [6.07, 6.45) is 2.51. The largest absolute Gasteiger partial charge is 0.493 e. The zero-order valence-corrected chi connectivity index (χ0v) is 13.2. The zero-order chi connectivity index (χ0) is 16.8. The van der Waals surface area contributed by atoms with Crippen molar-refractivity contribution in [1.82, 2.24) is 0 Å². The molecule has 4 nitrogen and oxygen atoms in total. The zero-order valence-electron chi connectivity index (χ0n) is 12.5. The molecule has 0 heterocycles. The summed E-state index contributed by atoms with van der Waals surface area (Å²) in [5.74, 6) is 1.30. The van der Waals surface area contributed by atoms with Gasteiger partial charge in [-0.1, -0.05) is 23.7 Å². The average Bonchev–Trinajstić information content (AvgIpc) is 2.57. The predicted octanol–water partition coefficient (Wildman–Crippen LogP) is 4.61. The van der Waals surface area contributed by atoms with Crippen LogP contribution >= 0.6 is 11.6 Å². The SMILES string of the molecule is C=CCc1ccc(Oc2cc(C#N)c(C#N)cc2Cl)c(OC)c1. The second-order valence-corrected chi connectivity index (χ2v) is 5.04. The van der Waals surface area contributed by atoms with Gasteiger partial charge in [0.1, 0.15) is 17.9 Å². The molecule has 0 unspecified atom stereocenters. The Labute approximate surface area is 139 Å². The van der Waals surface area contributed by atoms with E-state index in [-0.39, 0.29) is 21.9 Å². The van der Waals surface area contributed by atoms with Gasteiger partial charge in [-0.05, 0) is 30.2 Å². The quantitative estimate of drug-likeness (QED) is 0.753. The lowest BCUT2D eigenvalue weighted by atomic mass is 10.1. The molecular formula is C18H13ClN2O2. The van der Waals surface area contributed by atoms with Crippen LogP contribution in [0.4, 0.5) is 0 Å². The fraction of sp³-hybridized carbons (Fsp3) is 0.111. The lowest BCUT2D eigenvalue weighted by Crippen LogP contribution is -1.94. The smallest absolute Gasteiger partial charge is 0.169 e. The van der Waals surface area contributed by atoms with Crippen LogP contribution in [0.1, 0.15) is 16.7 Å². The Morgan fingerprint density at radius 3 is 2.39 bits per heavy atom. The van der Waals surface area contributed by atoms with Gasteiger partial charge >= 0.3 is 0 Å². The molecule has 2 aromatic carbocycles. The van der Waals surface area contributed by atoms with E-state index in [4.69, 9.17) is 31.6 Å². The highest BCUT2D eigenvalue weighted by Gasteiger charge is 2.13. The van der Waals surface area contributed by atoms with Crippen molar-refractivity contribution in [3.8, 4) is 29.4 Å². The van der Waals surface area contributed by atoms with E-state index in [0.29, 0.717) is 17.9 Å². The molecule has 0 N–H and O–H groups in total. The molecule has 5 heteroatoms. The van der Waals surface area contributed by atoms with Crippen molar-refractivity contribution in [2.24, 2.45) is 0 Å². The fourth-order valence-corrected chi connectivity index (χ4v) is 2.23. The minimum absolute atomic E-state index is 0.203. The van der Waals surface area contributed by atoms with Crippen LogP contribution in [-0.2, 0) is 6.42 Å². The molecule has 0 aliphatic heterocycles. The molecule has 0 saturated heterocycles. The van der Waals surface area contributed by atoms with E-state index >= 15 is 0 Å². The van der Waals surface area contributed by atoms with Gasteiger partial charge in [0.15, 0.2) is 11.5 Å². The second-order valence-electron chi connectivity index (χ2n) is 4.63. The standard InChI is InChI=1S/C18H13ClN2O2/c1-3-4-12-5-6-16(18(7-12)22-2)23-17-9-14(11-21)13(10-20)8-15(17)19/h3,5-9H,1,4H2,2H3. The highest BCUT2D eigenvalue weighted by Crippen LogP contribution is 2.37. The summed E-state index contributed by atoms with van der Waals surface area (Å²) >= 11 is 6.12. The molecule has 0 spiro atoms. The highest BCUT2D eigenvalue weighted by atomic mass is 35.5. The molecule has 0 aliphatic rings. The molecule has 0 radical (unpaired) electrons. The van der Waals surface area contributed by atoms with Gasteiger partial charge in [-0.3, -0.25) is 0 Å². The summed E-state index contributed by atoms with van der Waals surface area (Å²) in [6.45, 7) is 3.70. The molecule has 2 aromatic rings. The van der Waals surface area contributed by atoms with Crippen LogP contribution in [0.25, 0.3) is 0 Å². The number of hydrogen-bond donors (Lipinski definition) is 0. The van der Waals surface area contributed by atoms with Gasteiger partial charge in [-0.25, -0.2) is 0 Å². The van der Waals surface area contributed by atoms with Crippen LogP contribution in [0.15, 0.2) is 43.0 Å². The average molecular weight is 325 g/mol. The van der Waals surface area contributed by atoms with Crippen molar-refractivity contribution in [2.75, 3.05) is 7.11 Å². The van der Waals surface area contributed by atoms with Crippen LogP contribution in [0.2, 0.25) is 5.02 Å². The second kappa shape index (κ2) is 7.35. The summed E-state index contributed by atoms with van der Waals surface area (Å²) < 4.78 is 11.1. The fourth-order valence-electron chi connectivity index (χ4n) is 2.03. The van der Waals surface area contributed by atoms with Crippen molar-refractivity contribution in [3.63, 3.8) is 0 Å². The Hall–Kier alpha value is -2.95. The molecule has 0 fully saturated rings. The van der Waals surface area contributed by atoms with E-state index in [9.17, 15) is 0 Å². The summed E-state index contributed by atoms with van der Waals surface area (Å²) in [5.41, 5.74) is 1.44. The summed E-state index contributed by atoms with van der Waals surface area (Å²) in [6, 6.07) is 12.2. The number of rotatable bonds is 5. The van der Waals surface area contributed by atoms with Crippen LogP contribution in [0.3, 0.4) is 0 Å². The van der Waals surface area contributed by atoms with E-state index in [2.05, 4.69) is 6.58 Å². The van der Waals surface area contributed by atoms with Crippen LogP contribution in [0.5, 0.6) is 17.2 Å². The van der Waals surface area contributed by atoms with Crippen molar-refractivity contribution >= 4 is 11.6 Å². The topological polar surface area (TPSA) is 66.0 Å². The van der Waals surface area contributed by atoms with E-state index in [1.165, 1.54) is 12.1 Å². The lowest BCUT2D eigenvalue weighted by molar-refractivity contribution is 0.378. The van der Waals surface area contributed by atoms with E-state index in [1.807, 2.05) is 24.3 Å². The normalized spacial score (nSPS) is 9.57. The molecule has 0 saturated carbocycles. The minimum Gasteiger partial charge on any atom is -0.493 e. The third-order valence-corrected chi connectivity index (χ3v) is 3.44. The maximum Gasteiger partial charge on any atom is 0.169 e. The van der Waals surface area contributed by atoms with Crippen LogP contribution in [-0.4, -0.2) is 7.11 Å². The number of methoxy groups -OCH3 is 1. The van der Waals surface area contributed by atoms with E-state index in [0.717, 1.165) is 5.56 Å². The number of halogens is 1. The molecule has 2 rings (SSSR count). The first-order valence-corrected chi connectivity index (χ1v) is 7.10. The molecule has 0 atom stereocenters. The maximum absolute atomic E-state index is 9.09. The third-order valence-electron chi connectivity index (χ3n) is 3.14. The molecule has 0 aromatic heterocycles. The molecule has 114 valence electrons. The van der Waals surface area contributed by atoms with Gasteiger partial charge in [-0.15, -0.1) is 6.58 Å². The number of benzene rings is 2. The van der Waals surface area contributed by atoms with Crippen molar-refractivity contribution < 1.29 is 9.47 Å². The first-order chi connectivity index (χ1) is 11.1. The van der Waals surface area contributed by atoms with E-state index < -0.39 is 0 Å². The number of nitrogens with zero attached hydrogens (tertiary/aromatic N) is 2. The minimum atomic E-state index is 0.203. The van der Waals surface area contributed by atoms with E-state index in [1.54, 1.807) is 19.3 Å². The molecule has 0 amide bonds. The Balaban J connectivity index is 2.41. The summed E-state index contributed by atoms with van der Waals surface area (Å²) in [7, 11) is 1.54. The number of ether oxygens (including phenoxy) is 2. The molecular weight excluding hydrogens is 312 g/mol. The maximum atomic E-state index is 9.09. The third kappa shape index (κ3) is 3.63. The summed E-state index contributed by atoms with van der Waals surface area (Å²) in [5, 5.41) is 18.3.